The van der Waals surface area contributed by atoms with Gasteiger partial charge in [-0.05, 0) is 61.5 Å². The average Bonchev–Trinajstić information content (AvgIpc) is 3.22. The molecular formula is C25H32FN5O3. The predicted molar refractivity (Wildman–Crippen MR) is 130 cm³/mol. The van der Waals surface area contributed by atoms with E-state index in [1.54, 1.807) is 24.1 Å². The number of halogens is 1. The minimum Gasteiger partial charge on any atom is -0.497 e. The molecule has 2 N–H and O–H groups in total. The molecule has 0 spiro atoms. The first-order valence-electron chi connectivity index (χ1n) is 11.7. The van der Waals surface area contributed by atoms with Gasteiger partial charge in [0.15, 0.2) is 0 Å². The molecule has 1 atom stereocenters. The molecule has 0 bridgehead atoms. The molecule has 2 heterocycles. The van der Waals surface area contributed by atoms with Gasteiger partial charge in [0.2, 0.25) is 5.91 Å². The number of carbonyl (C=O) groups is 2. The Bertz CT molecular complexity index is 962. The Balaban J connectivity index is 1.11. The number of benzene rings is 2. The summed E-state index contributed by atoms with van der Waals surface area (Å²) in [5, 5.41) is 5.77. The van der Waals surface area contributed by atoms with Crippen LogP contribution < -0.4 is 25.2 Å². The summed E-state index contributed by atoms with van der Waals surface area (Å²) in [5.74, 6) is 0.443. The van der Waals surface area contributed by atoms with Gasteiger partial charge in [-0.1, -0.05) is 0 Å². The first-order chi connectivity index (χ1) is 16.5. The Morgan fingerprint density at radius 3 is 2.38 bits per heavy atom. The number of nitrogens with one attached hydrogen (secondary N) is 2. The molecular weight excluding hydrogens is 437 g/mol. The predicted octanol–water partition coefficient (Wildman–Crippen LogP) is 2.45. The second kappa shape index (κ2) is 11.2. The summed E-state index contributed by atoms with van der Waals surface area (Å²) >= 11 is 0. The fourth-order valence-corrected chi connectivity index (χ4v) is 4.44. The summed E-state index contributed by atoms with van der Waals surface area (Å²) in [7, 11) is 1.67. The molecule has 0 radical (unpaired) electrons. The van der Waals surface area contributed by atoms with E-state index in [4.69, 9.17) is 4.74 Å². The quantitative estimate of drug-likeness (QED) is 0.581. The zero-order chi connectivity index (χ0) is 23.9. The third-order valence-electron chi connectivity index (χ3n) is 6.35. The highest BCUT2D eigenvalue weighted by Crippen LogP contribution is 2.22. The van der Waals surface area contributed by atoms with Crippen molar-refractivity contribution in [1.82, 2.24) is 15.5 Å². The van der Waals surface area contributed by atoms with E-state index in [0.29, 0.717) is 18.8 Å². The van der Waals surface area contributed by atoms with Crippen LogP contribution in [0.5, 0.6) is 5.75 Å². The second-order valence-electron chi connectivity index (χ2n) is 8.66. The van der Waals surface area contributed by atoms with Gasteiger partial charge in [0.25, 0.3) is 0 Å². The fraction of sp³-hybridized carbons (Fsp3) is 0.440. The van der Waals surface area contributed by atoms with Gasteiger partial charge in [-0.25, -0.2) is 9.18 Å². The number of nitrogens with zero attached hydrogens (tertiary/aromatic N) is 3. The molecule has 2 saturated heterocycles. The van der Waals surface area contributed by atoms with E-state index in [0.717, 1.165) is 44.9 Å². The van der Waals surface area contributed by atoms with Crippen LogP contribution in [-0.2, 0) is 4.79 Å². The van der Waals surface area contributed by atoms with Gasteiger partial charge < -0.3 is 25.2 Å². The number of methoxy groups -OCH3 is 1. The normalized spacial score (nSPS) is 18.8. The van der Waals surface area contributed by atoms with Crippen LogP contribution >= 0.6 is 0 Å². The zero-order valence-electron chi connectivity index (χ0n) is 19.5. The molecule has 9 heteroatoms. The summed E-state index contributed by atoms with van der Waals surface area (Å²) in [5.41, 5.74) is 1.85. The topological polar surface area (TPSA) is 77.1 Å². The van der Waals surface area contributed by atoms with Crippen LogP contribution in [0.1, 0.15) is 12.8 Å². The standard InChI is InChI=1S/C25H32FN5O3/c1-34-23-9-7-21(8-10-23)30-15-13-29(14-16-30)12-2-11-27-25(33)28-20-17-24(32)31(18-20)22-5-3-19(26)4-6-22/h3-10,20H,2,11-18H2,1H3,(H2,27,28,33). The van der Waals surface area contributed by atoms with Gasteiger partial charge >= 0.3 is 6.03 Å². The van der Waals surface area contributed by atoms with Crippen molar-refractivity contribution in [2.45, 2.75) is 18.9 Å². The Morgan fingerprint density at radius 2 is 1.71 bits per heavy atom. The summed E-state index contributed by atoms with van der Waals surface area (Å²) < 4.78 is 18.3. The molecule has 8 nitrogen and oxygen atoms in total. The van der Waals surface area contributed by atoms with E-state index in [1.165, 1.54) is 17.8 Å². The highest BCUT2D eigenvalue weighted by atomic mass is 19.1. The van der Waals surface area contributed by atoms with Gasteiger partial charge in [0.05, 0.1) is 13.2 Å². The number of urea groups is 1. The molecule has 0 saturated carbocycles. The number of hydrogen-bond donors (Lipinski definition) is 2. The largest absolute Gasteiger partial charge is 0.497 e. The molecule has 3 amide bonds. The maximum atomic E-state index is 13.1. The SMILES string of the molecule is COc1ccc(N2CCN(CCCNC(=O)NC3CC(=O)N(c4ccc(F)cc4)C3)CC2)cc1. The van der Waals surface area contributed by atoms with E-state index in [-0.39, 0.29) is 30.2 Å². The van der Waals surface area contributed by atoms with Crippen molar-refractivity contribution in [3.63, 3.8) is 0 Å². The van der Waals surface area contributed by atoms with Gasteiger partial charge in [-0.15, -0.1) is 0 Å². The van der Waals surface area contributed by atoms with Crippen molar-refractivity contribution in [1.29, 1.82) is 0 Å². The lowest BCUT2D eigenvalue weighted by Gasteiger charge is -2.36. The number of carbonyl (C=O) groups excluding carboxylic acids is 2. The van der Waals surface area contributed by atoms with Crippen molar-refractivity contribution in [2.24, 2.45) is 0 Å². The van der Waals surface area contributed by atoms with Crippen molar-refractivity contribution >= 4 is 23.3 Å². The summed E-state index contributed by atoms with van der Waals surface area (Å²) in [6, 6.07) is 13.4. The maximum absolute atomic E-state index is 13.1. The Morgan fingerprint density at radius 1 is 1.03 bits per heavy atom. The Hall–Kier alpha value is -3.33. The monoisotopic (exact) mass is 469 g/mol. The van der Waals surface area contributed by atoms with Crippen LogP contribution in [0.25, 0.3) is 0 Å². The van der Waals surface area contributed by atoms with Crippen LogP contribution in [0.15, 0.2) is 48.5 Å². The number of anilines is 2. The fourth-order valence-electron chi connectivity index (χ4n) is 4.44. The van der Waals surface area contributed by atoms with E-state index < -0.39 is 0 Å². The molecule has 2 aromatic rings. The summed E-state index contributed by atoms with van der Waals surface area (Å²) in [6.45, 7) is 5.81. The van der Waals surface area contributed by atoms with E-state index >= 15 is 0 Å². The van der Waals surface area contributed by atoms with E-state index in [1.807, 2.05) is 12.1 Å². The molecule has 2 aliphatic heterocycles. The number of rotatable bonds is 8. The lowest BCUT2D eigenvalue weighted by Crippen LogP contribution is -2.47. The molecule has 2 fully saturated rings. The zero-order valence-corrected chi connectivity index (χ0v) is 19.5. The van der Waals surface area contributed by atoms with Gasteiger partial charge in [0.1, 0.15) is 11.6 Å². The number of piperazine rings is 1. The second-order valence-corrected chi connectivity index (χ2v) is 8.66. The minimum absolute atomic E-state index is 0.0781. The van der Waals surface area contributed by atoms with Gasteiger partial charge in [-0.2, -0.15) is 0 Å². The number of ether oxygens (including phenoxy) is 1. The summed E-state index contributed by atoms with van der Waals surface area (Å²) in [6.07, 6.45) is 1.10. The molecule has 2 aromatic carbocycles. The molecule has 4 rings (SSSR count). The van der Waals surface area contributed by atoms with Crippen molar-refractivity contribution in [3.8, 4) is 5.75 Å². The lowest BCUT2D eigenvalue weighted by atomic mass is 10.2. The molecule has 182 valence electrons. The van der Waals surface area contributed by atoms with E-state index in [9.17, 15) is 14.0 Å². The number of amides is 3. The molecule has 0 aliphatic carbocycles. The Kier molecular flexibility index (Phi) is 7.84. The Labute approximate surface area is 199 Å². The highest BCUT2D eigenvalue weighted by Gasteiger charge is 2.31. The van der Waals surface area contributed by atoms with Crippen molar-refractivity contribution < 1.29 is 18.7 Å². The molecule has 34 heavy (non-hydrogen) atoms. The van der Waals surface area contributed by atoms with Crippen LogP contribution in [0, 0.1) is 5.82 Å². The van der Waals surface area contributed by atoms with Crippen LogP contribution in [0.3, 0.4) is 0 Å². The molecule has 1 unspecified atom stereocenters. The smallest absolute Gasteiger partial charge is 0.315 e. The van der Waals surface area contributed by atoms with E-state index in [2.05, 4.69) is 32.6 Å². The first kappa shape index (κ1) is 23.8. The van der Waals surface area contributed by atoms with Gasteiger partial charge in [-0.3, -0.25) is 9.69 Å². The summed E-state index contributed by atoms with van der Waals surface area (Å²) in [4.78, 5) is 30.9. The molecule has 2 aliphatic rings. The van der Waals surface area contributed by atoms with Crippen LogP contribution in [0.2, 0.25) is 0 Å². The van der Waals surface area contributed by atoms with Gasteiger partial charge in [0, 0.05) is 57.1 Å². The van der Waals surface area contributed by atoms with Crippen LogP contribution in [-0.4, -0.2) is 75.8 Å². The van der Waals surface area contributed by atoms with Crippen molar-refractivity contribution in [2.75, 3.05) is 62.7 Å². The number of hydrogen-bond acceptors (Lipinski definition) is 5. The van der Waals surface area contributed by atoms with Crippen molar-refractivity contribution in [3.05, 3.63) is 54.3 Å². The average molecular weight is 470 g/mol. The third kappa shape index (κ3) is 6.17. The lowest BCUT2D eigenvalue weighted by molar-refractivity contribution is -0.117. The first-order valence-corrected chi connectivity index (χ1v) is 11.7. The maximum Gasteiger partial charge on any atom is 0.315 e. The third-order valence-corrected chi connectivity index (χ3v) is 6.35. The molecule has 0 aromatic heterocycles. The minimum atomic E-state index is -0.344. The van der Waals surface area contributed by atoms with Crippen LogP contribution in [0.4, 0.5) is 20.6 Å². The highest BCUT2D eigenvalue weighted by molar-refractivity contribution is 5.96.